The molecule has 7 heteroatoms. The highest BCUT2D eigenvalue weighted by Crippen LogP contribution is 2.24. The number of benzene rings is 2. The first-order chi connectivity index (χ1) is 11.0. The summed E-state index contributed by atoms with van der Waals surface area (Å²) in [6, 6.07) is 12.8. The zero-order valence-corrected chi connectivity index (χ0v) is 12.1. The molecular weight excluding hydrogens is 296 g/mol. The zero-order valence-electron chi connectivity index (χ0n) is 12.1. The van der Waals surface area contributed by atoms with Crippen LogP contribution in [-0.2, 0) is 0 Å². The van der Waals surface area contributed by atoms with E-state index >= 15 is 0 Å². The van der Waals surface area contributed by atoms with Crippen LogP contribution < -0.4 is 0 Å². The topological polar surface area (TPSA) is 102 Å². The molecule has 0 aliphatic carbocycles. The van der Waals surface area contributed by atoms with Crippen LogP contribution in [0.5, 0.6) is 0 Å². The summed E-state index contributed by atoms with van der Waals surface area (Å²) in [6.45, 7) is 1.86. The summed E-state index contributed by atoms with van der Waals surface area (Å²) in [5.41, 5.74) is 1.53. The molecular formula is C16H10N4O3. The molecule has 0 unspecified atom stereocenters. The van der Waals surface area contributed by atoms with Crippen molar-refractivity contribution in [3.8, 4) is 6.07 Å². The third kappa shape index (κ3) is 2.42. The number of aromatic nitrogens is 2. The van der Waals surface area contributed by atoms with Gasteiger partial charge in [0.2, 0.25) is 0 Å². The van der Waals surface area contributed by atoms with Crippen LogP contribution in [-0.4, -0.2) is 20.6 Å². The minimum atomic E-state index is -0.555. The Morgan fingerprint density at radius 3 is 2.74 bits per heavy atom. The molecule has 23 heavy (non-hydrogen) atoms. The van der Waals surface area contributed by atoms with Gasteiger partial charge in [0, 0.05) is 23.1 Å². The van der Waals surface area contributed by atoms with Crippen LogP contribution >= 0.6 is 0 Å². The fourth-order valence-electron chi connectivity index (χ4n) is 2.36. The van der Waals surface area contributed by atoms with Gasteiger partial charge in [0.05, 0.1) is 10.4 Å². The number of carbonyl (C=O) groups excluding carboxylic acids is 1. The van der Waals surface area contributed by atoms with Crippen LogP contribution in [0.4, 0.5) is 5.69 Å². The highest BCUT2D eigenvalue weighted by molar-refractivity contribution is 6.02. The predicted molar refractivity (Wildman–Crippen MR) is 82.0 cm³/mol. The summed E-state index contributed by atoms with van der Waals surface area (Å²) >= 11 is 0. The molecule has 3 rings (SSSR count). The van der Waals surface area contributed by atoms with Crippen LogP contribution in [0, 0.1) is 28.4 Å². The van der Waals surface area contributed by atoms with E-state index in [1.807, 2.05) is 19.1 Å². The Kier molecular flexibility index (Phi) is 3.35. The van der Waals surface area contributed by atoms with Crippen LogP contribution in [0.2, 0.25) is 0 Å². The van der Waals surface area contributed by atoms with Gasteiger partial charge in [-0.05, 0) is 25.1 Å². The first-order valence-corrected chi connectivity index (χ1v) is 6.70. The molecule has 3 aromatic rings. The number of nitrogens with zero attached hydrogens (tertiary/aromatic N) is 4. The molecule has 112 valence electrons. The van der Waals surface area contributed by atoms with Crippen LogP contribution in [0.1, 0.15) is 21.6 Å². The molecule has 7 nitrogen and oxygen atoms in total. The number of nitro benzene ring substituents is 1. The summed E-state index contributed by atoms with van der Waals surface area (Å²) in [4.78, 5) is 22.9. The number of non-ortho nitro benzene ring substituents is 1. The molecule has 1 heterocycles. The summed E-state index contributed by atoms with van der Waals surface area (Å²) in [7, 11) is 0. The fourth-order valence-corrected chi connectivity index (χ4v) is 2.36. The molecule has 0 atom stereocenters. The minimum absolute atomic E-state index is 0.0234. The lowest BCUT2D eigenvalue weighted by molar-refractivity contribution is -0.384. The molecule has 0 fully saturated rings. The van der Waals surface area contributed by atoms with Gasteiger partial charge in [0.1, 0.15) is 6.07 Å². The van der Waals surface area contributed by atoms with Gasteiger partial charge in [0.25, 0.3) is 11.6 Å². The second-order valence-corrected chi connectivity index (χ2v) is 5.01. The number of aryl methyl sites for hydroxylation is 1. The first-order valence-electron chi connectivity index (χ1n) is 6.70. The third-order valence-corrected chi connectivity index (χ3v) is 3.44. The van der Waals surface area contributed by atoms with Crippen molar-refractivity contribution >= 4 is 22.5 Å². The average molecular weight is 306 g/mol. The number of nitro groups is 1. The van der Waals surface area contributed by atoms with Crippen molar-refractivity contribution in [1.82, 2.24) is 9.78 Å². The lowest BCUT2D eigenvalue weighted by Gasteiger charge is -2.03. The van der Waals surface area contributed by atoms with Crippen molar-refractivity contribution in [3.63, 3.8) is 0 Å². The van der Waals surface area contributed by atoms with Gasteiger partial charge in [-0.15, -0.1) is 0 Å². The molecule has 0 saturated carbocycles. The second kappa shape index (κ2) is 5.35. The molecule has 0 spiro atoms. The Bertz CT molecular complexity index is 998. The number of rotatable bonds is 2. The van der Waals surface area contributed by atoms with Gasteiger partial charge in [0.15, 0.2) is 5.69 Å². The number of carbonyl (C=O) groups is 1. The Labute approximate surface area is 130 Å². The maximum Gasteiger partial charge on any atom is 0.278 e. The van der Waals surface area contributed by atoms with E-state index in [1.165, 1.54) is 18.2 Å². The van der Waals surface area contributed by atoms with Crippen LogP contribution in [0.15, 0.2) is 42.5 Å². The van der Waals surface area contributed by atoms with Crippen molar-refractivity contribution in [2.24, 2.45) is 0 Å². The average Bonchev–Trinajstić information content (AvgIpc) is 2.92. The van der Waals surface area contributed by atoms with E-state index in [9.17, 15) is 14.9 Å². The molecule has 0 radical (unpaired) electrons. The van der Waals surface area contributed by atoms with Crippen molar-refractivity contribution in [1.29, 1.82) is 5.26 Å². The normalized spacial score (nSPS) is 10.4. The first kappa shape index (κ1) is 14.4. The molecule has 0 N–H and O–H groups in total. The fraction of sp³-hybridized carbons (Fsp3) is 0.0625. The van der Waals surface area contributed by atoms with Gasteiger partial charge in [-0.25, -0.2) is 0 Å². The number of hydrogen-bond donors (Lipinski definition) is 0. The molecule has 0 amide bonds. The highest BCUT2D eigenvalue weighted by Gasteiger charge is 2.19. The van der Waals surface area contributed by atoms with Gasteiger partial charge in [-0.3, -0.25) is 14.9 Å². The van der Waals surface area contributed by atoms with Crippen molar-refractivity contribution in [2.45, 2.75) is 6.92 Å². The van der Waals surface area contributed by atoms with Crippen LogP contribution in [0.25, 0.3) is 10.9 Å². The summed E-state index contributed by atoms with van der Waals surface area (Å²) in [6.07, 6.45) is 0. The maximum absolute atomic E-state index is 12.6. The second-order valence-electron chi connectivity index (χ2n) is 5.01. The Balaban J connectivity index is 2.21. The monoisotopic (exact) mass is 306 g/mol. The quantitative estimate of drug-likeness (QED) is 0.535. The summed E-state index contributed by atoms with van der Waals surface area (Å²) < 4.78 is 1.10. The molecule has 2 aromatic carbocycles. The number of hydrogen-bond acceptors (Lipinski definition) is 5. The smallest absolute Gasteiger partial charge is 0.267 e. The van der Waals surface area contributed by atoms with E-state index in [2.05, 4.69) is 5.10 Å². The van der Waals surface area contributed by atoms with E-state index < -0.39 is 10.8 Å². The number of nitriles is 1. The lowest BCUT2D eigenvalue weighted by atomic mass is 10.1. The van der Waals surface area contributed by atoms with E-state index in [0.717, 1.165) is 10.2 Å². The van der Waals surface area contributed by atoms with Crippen LogP contribution in [0.3, 0.4) is 0 Å². The summed E-state index contributed by atoms with van der Waals surface area (Å²) in [5, 5.41) is 24.3. The van der Waals surface area contributed by atoms with Crippen molar-refractivity contribution in [3.05, 3.63) is 69.4 Å². The Hall–Kier alpha value is -3.53. The van der Waals surface area contributed by atoms with Crippen molar-refractivity contribution < 1.29 is 9.72 Å². The van der Waals surface area contributed by atoms with Gasteiger partial charge >= 0.3 is 0 Å². The Morgan fingerprint density at radius 2 is 2.09 bits per heavy atom. The van der Waals surface area contributed by atoms with E-state index in [1.54, 1.807) is 18.2 Å². The Morgan fingerprint density at radius 1 is 1.30 bits per heavy atom. The molecule has 1 aromatic heterocycles. The van der Waals surface area contributed by atoms with E-state index in [0.29, 0.717) is 11.1 Å². The molecule has 0 saturated heterocycles. The maximum atomic E-state index is 12.6. The molecule has 0 bridgehead atoms. The number of fused-ring (bicyclic) bond motifs is 1. The largest absolute Gasteiger partial charge is 0.278 e. The SMILES string of the molecule is Cc1cccc(C(=O)n2nc(C#N)c3cc([N+](=O)[O-])ccc32)c1. The zero-order chi connectivity index (χ0) is 16.6. The van der Waals surface area contributed by atoms with E-state index in [-0.39, 0.29) is 16.8 Å². The molecule has 0 aliphatic heterocycles. The molecule has 0 aliphatic rings. The third-order valence-electron chi connectivity index (χ3n) is 3.44. The van der Waals surface area contributed by atoms with Gasteiger partial charge in [-0.2, -0.15) is 15.0 Å². The highest BCUT2D eigenvalue weighted by atomic mass is 16.6. The minimum Gasteiger partial charge on any atom is -0.267 e. The predicted octanol–water partition coefficient (Wildman–Crippen LogP) is 2.81. The van der Waals surface area contributed by atoms with Crippen molar-refractivity contribution in [2.75, 3.05) is 0 Å². The van der Waals surface area contributed by atoms with Gasteiger partial charge < -0.3 is 0 Å². The lowest BCUT2D eigenvalue weighted by Crippen LogP contribution is -2.13. The van der Waals surface area contributed by atoms with Gasteiger partial charge in [-0.1, -0.05) is 17.7 Å². The summed E-state index contributed by atoms with van der Waals surface area (Å²) in [5.74, 6) is -0.394. The van der Waals surface area contributed by atoms with E-state index in [4.69, 9.17) is 5.26 Å². The standard InChI is InChI=1S/C16H10N4O3/c1-10-3-2-4-11(7-10)16(21)19-15-6-5-12(20(22)23)8-13(15)14(9-17)18-19/h2-8H,1H3.